The third kappa shape index (κ3) is 2.91. The fourth-order valence-corrected chi connectivity index (χ4v) is 2.50. The molecule has 0 radical (unpaired) electrons. The Morgan fingerprint density at radius 2 is 2.00 bits per heavy atom. The number of hydrogen-bond donors (Lipinski definition) is 2. The first-order valence-electron chi connectivity index (χ1n) is 4.97. The van der Waals surface area contributed by atoms with E-state index in [1.165, 1.54) is 24.4 Å². The molecule has 1 aromatic carbocycles. The van der Waals surface area contributed by atoms with Gasteiger partial charge in [-0.1, -0.05) is 17.7 Å². The standard InChI is InChI=1S/C11H10ClN3O2S/c12-8-2-1-3-9(6-8)15-18(16,17)10-4-5-11(13)14-7-10/h1-7,15H,(H2,13,14). The highest BCUT2D eigenvalue weighted by Crippen LogP contribution is 2.19. The first kappa shape index (κ1) is 12.7. The molecule has 0 unspecified atom stereocenters. The van der Waals surface area contributed by atoms with Crippen LogP contribution in [0.25, 0.3) is 0 Å². The van der Waals surface area contributed by atoms with Crippen LogP contribution in [-0.2, 0) is 10.0 Å². The molecule has 0 amide bonds. The monoisotopic (exact) mass is 283 g/mol. The van der Waals surface area contributed by atoms with E-state index >= 15 is 0 Å². The fourth-order valence-electron chi connectivity index (χ4n) is 1.32. The highest BCUT2D eigenvalue weighted by Gasteiger charge is 2.14. The second-order valence-electron chi connectivity index (χ2n) is 3.53. The molecule has 0 saturated heterocycles. The smallest absolute Gasteiger partial charge is 0.263 e. The van der Waals surface area contributed by atoms with Crippen molar-refractivity contribution < 1.29 is 8.42 Å². The summed E-state index contributed by atoms with van der Waals surface area (Å²) in [5.41, 5.74) is 5.79. The van der Waals surface area contributed by atoms with E-state index in [2.05, 4.69) is 9.71 Å². The van der Waals surface area contributed by atoms with Crippen molar-refractivity contribution >= 4 is 33.1 Å². The fraction of sp³-hybridized carbons (Fsp3) is 0. The van der Waals surface area contributed by atoms with Gasteiger partial charge in [-0.3, -0.25) is 4.72 Å². The van der Waals surface area contributed by atoms with Crippen molar-refractivity contribution in [1.82, 2.24) is 4.98 Å². The molecule has 0 aliphatic heterocycles. The van der Waals surface area contributed by atoms with E-state index in [1.54, 1.807) is 18.2 Å². The van der Waals surface area contributed by atoms with E-state index in [0.29, 0.717) is 10.7 Å². The van der Waals surface area contributed by atoms with Crippen molar-refractivity contribution in [1.29, 1.82) is 0 Å². The van der Waals surface area contributed by atoms with E-state index in [9.17, 15) is 8.42 Å². The maximum atomic E-state index is 12.0. The molecule has 0 fully saturated rings. The Bertz CT molecular complexity index is 656. The van der Waals surface area contributed by atoms with Gasteiger partial charge in [0.1, 0.15) is 10.7 Å². The van der Waals surface area contributed by atoms with Crippen LogP contribution in [0.1, 0.15) is 0 Å². The first-order chi connectivity index (χ1) is 8.47. The predicted molar refractivity (Wildman–Crippen MR) is 70.9 cm³/mol. The zero-order valence-corrected chi connectivity index (χ0v) is 10.7. The number of nitrogen functional groups attached to an aromatic ring is 1. The van der Waals surface area contributed by atoms with Crippen LogP contribution in [0.15, 0.2) is 47.5 Å². The quantitative estimate of drug-likeness (QED) is 0.903. The van der Waals surface area contributed by atoms with Gasteiger partial charge in [0.25, 0.3) is 10.0 Å². The first-order valence-corrected chi connectivity index (χ1v) is 6.83. The Morgan fingerprint density at radius 3 is 2.61 bits per heavy atom. The number of aromatic nitrogens is 1. The lowest BCUT2D eigenvalue weighted by atomic mass is 10.3. The Balaban J connectivity index is 2.30. The van der Waals surface area contributed by atoms with Gasteiger partial charge in [-0.05, 0) is 30.3 Å². The number of hydrogen-bond acceptors (Lipinski definition) is 4. The number of anilines is 2. The van der Waals surface area contributed by atoms with Gasteiger partial charge in [-0.2, -0.15) is 0 Å². The van der Waals surface area contributed by atoms with E-state index in [4.69, 9.17) is 17.3 Å². The predicted octanol–water partition coefficient (Wildman–Crippen LogP) is 2.12. The van der Waals surface area contributed by atoms with E-state index in [0.717, 1.165) is 0 Å². The lowest BCUT2D eigenvalue weighted by Crippen LogP contribution is -2.13. The molecule has 0 spiro atoms. The van der Waals surface area contributed by atoms with E-state index in [1.807, 2.05) is 0 Å². The van der Waals surface area contributed by atoms with Crippen molar-refractivity contribution in [2.45, 2.75) is 4.90 Å². The summed E-state index contributed by atoms with van der Waals surface area (Å²) in [5, 5.41) is 0.450. The lowest BCUT2D eigenvalue weighted by Gasteiger charge is -2.07. The van der Waals surface area contributed by atoms with Crippen molar-refractivity contribution in [2.75, 3.05) is 10.5 Å². The highest BCUT2D eigenvalue weighted by atomic mass is 35.5. The Kier molecular flexibility index (Phi) is 3.40. The number of nitrogens with two attached hydrogens (primary N) is 1. The van der Waals surface area contributed by atoms with Crippen LogP contribution in [0, 0.1) is 0 Å². The molecule has 1 aromatic heterocycles. The topological polar surface area (TPSA) is 85.1 Å². The van der Waals surface area contributed by atoms with Crippen molar-refractivity contribution in [2.24, 2.45) is 0 Å². The number of halogens is 1. The number of nitrogens with zero attached hydrogens (tertiary/aromatic N) is 1. The summed E-state index contributed by atoms with van der Waals surface area (Å²) in [6, 6.07) is 9.24. The summed E-state index contributed by atoms with van der Waals surface area (Å²) in [5.74, 6) is 0.261. The van der Waals surface area contributed by atoms with Crippen LogP contribution in [0.4, 0.5) is 11.5 Å². The molecule has 0 aliphatic rings. The summed E-state index contributed by atoms with van der Waals surface area (Å²) < 4.78 is 26.4. The molecular weight excluding hydrogens is 274 g/mol. The molecule has 3 N–H and O–H groups in total. The normalized spacial score (nSPS) is 11.2. The molecule has 0 atom stereocenters. The molecule has 18 heavy (non-hydrogen) atoms. The minimum absolute atomic E-state index is 0.0386. The van der Waals surface area contributed by atoms with E-state index in [-0.39, 0.29) is 10.7 Å². The van der Waals surface area contributed by atoms with Gasteiger partial charge in [-0.15, -0.1) is 0 Å². The van der Waals surface area contributed by atoms with Crippen LogP contribution >= 0.6 is 11.6 Å². The molecule has 0 saturated carbocycles. The Morgan fingerprint density at radius 1 is 1.22 bits per heavy atom. The van der Waals surface area contributed by atoms with Gasteiger partial charge in [0.05, 0.1) is 5.69 Å². The lowest BCUT2D eigenvalue weighted by molar-refractivity contribution is 0.601. The zero-order chi connectivity index (χ0) is 13.2. The molecule has 0 aliphatic carbocycles. The molecular formula is C11H10ClN3O2S. The van der Waals surface area contributed by atoms with Gasteiger partial charge in [0.15, 0.2) is 0 Å². The Labute approximate surface area is 110 Å². The minimum atomic E-state index is -3.67. The maximum absolute atomic E-state index is 12.0. The van der Waals surface area contributed by atoms with Crippen LogP contribution in [0.2, 0.25) is 5.02 Å². The number of rotatable bonds is 3. The molecule has 2 rings (SSSR count). The van der Waals surface area contributed by atoms with Gasteiger partial charge in [-0.25, -0.2) is 13.4 Å². The van der Waals surface area contributed by atoms with Crippen molar-refractivity contribution in [3.8, 4) is 0 Å². The van der Waals surface area contributed by atoms with Gasteiger partial charge in [0, 0.05) is 11.2 Å². The van der Waals surface area contributed by atoms with Crippen LogP contribution < -0.4 is 10.5 Å². The molecule has 94 valence electrons. The zero-order valence-electron chi connectivity index (χ0n) is 9.17. The second kappa shape index (κ2) is 4.83. The molecule has 7 heteroatoms. The van der Waals surface area contributed by atoms with Gasteiger partial charge < -0.3 is 5.73 Å². The number of benzene rings is 1. The maximum Gasteiger partial charge on any atom is 0.263 e. The third-order valence-corrected chi connectivity index (χ3v) is 3.75. The highest BCUT2D eigenvalue weighted by molar-refractivity contribution is 7.92. The number of sulfonamides is 1. The average Bonchev–Trinajstić information content (AvgIpc) is 2.29. The minimum Gasteiger partial charge on any atom is -0.384 e. The second-order valence-corrected chi connectivity index (χ2v) is 5.65. The van der Waals surface area contributed by atoms with Crippen LogP contribution in [0.3, 0.4) is 0 Å². The third-order valence-electron chi connectivity index (χ3n) is 2.15. The van der Waals surface area contributed by atoms with Crippen LogP contribution in [0.5, 0.6) is 0 Å². The molecule has 1 heterocycles. The summed E-state index contributed by atoms with van der Waals surface area (Å²) in [4.78, 5) is 3.78. The molecule has 2 aromatic rings. The van der Waals surface area contributed by atoms with Gasteiger partial charge in [0.2, 0.25) is 0 Å². The average molecular weight is 284 g/mol. The number of nitrogens with one attached hydrogen (secondary N) is 1. The molecule has 0 bridgehead atoms. The molecule has 5 nitrogen and oxygen atoms in total. The summed E-state index contributed by atoms with van der Waals surface area (Å²) >= 11 is 5.78. The van der Waals surface area contributed by atoms with Crippen molar-refractivity contribution in [3.63, 3.8) is 0 Å². The largest absolute Gasteiger partial charge is 0.384 e. The summed E-state index contributed by atoms with van der Waals surface area (Å²) in [7, 11) is -3.67. The SMILES string of the molecule is Nc1ccc(S(=O)(=O)Nc2cccc(Cl)c2)cn1. The number of pyridine rings is 1. The summed E-state index contributed by atoms with van der Waals surface area (Å²) in [6.45, 7) is 0. The Hall–Kier alpha value is -1.79. The van der Waals surface area contributed by atoms with Crippen LogP contribution in [-0.4, -0.2) is 13.4 Å². The summed E-state index contributed by atoms with van der Waals surface area (Å²) in [6.07, 6.45) is 1.20. The van der Waals surface area contributed by atoms with Gasteiger partial charge >= 0.3 is 0 Å². The van der Waals surface area contributed by atoms with E-state index < -0.39 is 10.0 Å². The van der Waals surface area contributed by atoms with Crippen molar-refractivity contribution in [3.05, 3.63) is 47.6 Å².